The molecule has 9 heteroatoms. The molecule has 0 saturated carbocycles. The fourth-order valence-electron chi connectivity index (χ4n) is 4.45. The molecule has 3 aromatic rings. The number of hydrogen-bond acceptors (Lipinski definition) is 6. The Labute approximate surface area is 222 Å². The molecule has 2 aliphatic rings. The lowest BCUT2D eigenvalue weighted by molar-refractivity contribution is -0.122. The molecule has 0 aliphatic carbocycles. The number of fused-ring (bicyclic) bond motifs is 1. The van der Waals surface area contributed by atoms with Crippen molar-refractivity contribution >= 4 is 58.5 Å². The lowest BCUT2D eigenvalue weighted by atomic mass is 9.84. The first-order chi connectivity index (χ1) is 17.3. The van der Waals surface area contributed by atoms with Crippen LogP contribution in [0.2, 0.25) is 10.0 Å². The van der Waals surface area contributed by atoms with Crippen LogP contribution < -0.4 is 10.6 Å². The number of amides is 2. The van der Waals surface area contributed by atoms with Gasteiger partial charge in [-0.1, -0.05) is 58.7 Å². The van der Waals surface area contributed by atoms with Gasteiger partial charge in [0.05, 0.1) is 33.3 Å². The Balaban J connectivity index is 1.48. The van der Waals surface area contributed by atoms with E-state index in [9.17, 15) is 14.9 Å². The average molecular weight is 536 g/mol. The van der Waals surface area contributed by atoms with Crippen LogP contribution in [0.25, 0.3) is 17.4 Å². The zero-order valence-corrected chi connectivity index (χ0v) is 21.3. The number of carbonyl (C=O) groups excluding carboxylic acids is 2. The number of nitrogens with zero attached hydrogens (tertiary/aromatic N) is 2. The second kappa shape index (κ2) is 9.55. The number of rotatable bonds is 4. The maximum absolute atomic E-state index is 13.5. The Bertz CT molecular complexity index is 1490. The van der Waals surface area contributed by atoms with E-state index < -0.39 is 17.1 Å². The molecule has 1 aromatic heterocycles. The molecule has 0 bridgehead atoms. The van der Waals surface area contributed by atoms with Crippen LogP contribution in [-0.4, -0.2) is 17.1 Å². The summed E-state index contributed by atoms with van der Waals surface area (Å²) in [5.74, 6) is -1.10. The smallest absolute Gasteiger partial charge is 0.248 e. The molecule has 36 heavy (non-hydrogen) atoms. The fourth-order valence-corrected chi connectivity index (χ4v) is 6.17. The number of nitriles is 1. The van der Waals surface area contributed by atoms with Crippen LogP contribution in [0.4, 0.5) is 5.69 Å². The summed E-state index contributed by atoms with van der Waals surface area (Å²) in [5, 5.41) is 10.3. The van der Waals surface area contributed by atoms with E-state index in [1.807, 2.05) is 19.1 Å². The van der Waals surface area contributed by atoms with Gasteiger partial charge in [0.1, 0.15) is 16.8 Å². The number of imide groups is 1. The molecule has 3 unspecified atom stereocenters. The number of benzene rings is 2. The molecule has 2 N–H and O–H groups in total. The Morgan fingerprint density at radius 2 is 1.83 bits per heavy atom. The number of nitrogens with two attached hydrogens (primary N) is 1. The Kier molecular flexibility index (Phi) is 6.44. The van der Waals surface area contributed by atoms with Crippen LogP contribution in [-0.2, 0) is 9.59 Å². The van der Waals surface area contributed by atoms with Crippen LogP contribution in [0.1, 0.15) is 11.3 Å². The lowest BCUT2D eigenvalue weighted by Gasteiger charge is -2.28. The summed E-state index contributed by atoms with van der Waals surface area (Å²) in [5.41, 5.74) is 8.64. The third-order valence-electron chi connectivity index (χ3n) is 6.24. The van der Waals surface area contributed by atoms with Gasteiger partial charge in [-0.15, -0.1) is 0 Å². The van der Waals surface area contributed by atoms with Crippen molar-refractivity contribution < 1.29 is 14.0 Å². The van der Waals surface area contributed by atoms with E-state index in [-0.39, 0.29) is 22.4 Å². The van der Waals surface area contributed by atoms with Gasteiger partial charge < -0.3 is 10.2 Å². The number of thioether (sulfide) groups is 1. The highest BCUT2D eigenvalue weighted by atomic mass is 35.5. The number of allylic oxidation sites excluding steroid dienone is 2. The van der Waals surface area contributed by atoms with Crippen molar-refractivity contribution in [2.45, 2.75) is 12.2 Å². The molecule has 0 radical (unpaired) electrons. The number of anilines is 1. The molecular formula is C27H19Cl2N3O3S. The highest BCUT2D eigenvalue weighted by Crippen LogP contribution is 2.47. The SMILES string of the molecule is Cc1ccc(N2C(=O)C3SC(N)=C(C#N)C(/C=C/c4ccc(-c5ccc(Cl)cc5Cl)o4)C3C2=O)cc1. The predicted octanol–water partition coefficient (Wildman–Crippen LogP) is 6.19. The molecule has 3 atom stereocenters. The van der Waals surface area contributed by atoms with Crippen LogP contribution >= 0.6 is 35.0 Å². The van der Waals surface area contributed by atoms with E-state index >= 15 is 0 Å². The van der Waals surface area contributed by atoms with Crippen molar-refractivity contribution in [3.8, 4) is 17.4 Å². The zero-order valence-electron chi connectivity index (χ0n) is 18.9. The standard InChI is InChI=1S/C27H19Cl2N3O3S/c1-14-2-5-16(6-3-14)32-26(33)23-18(20(13-30)25(31)36-24(23)27(32)34)10-7-17-8-11-22(35-17)19-9-4-15(28)12-21(19)29/h2-12,18,23-24H,31H2,1H3/b10-7+. The Hall–Kier alpha value is -3.44. The van der Waals surface area contributed by atoms with Gasteiger partial charge in [0.2, 0.25) is 11.8 Å². The van der Waals surface area contributed by atoms with Gasteiger partial charge in [-0.05, 0) is 55.5 Å². The van der Waals surface area contributed by atoms with Crippen molar-refractivity contribution in [2.75, 3.05) is 4.90 Å². The molecule has 0 spiro atoms. The summed E-state index contributed by atoms with van der Waals surface area (Å²) in [7, 11) is 0. The normalized spacial score (nSPS) is 21.8. The molecule has 1 fully saturated rings. The number of furan rings is 1. The van der Waals surface area contributed by atoms with Crippen LogP contribution in [0.5, 0.6) is 0 Å². The second-order valence-electron chi connectivity index (χ2n) is 8.51. The van der Waals surface area contributed by atoms with Crippen LogP contribution in [0.15, 0.2) is 75.7 Å². The maximum Gasteiger partial charge on any atom is 0.248 e. The van der Waals surface area contributed by atoms with Gasteiger partial charge in [0.25, 0.3) is 0 Å². The zero-order chi connectivity index (χ0) is 25.6. The number of hydrogen-bond donors (Lipinski definition) is 1. The summed E-state index contributed by atoms with van der Waals surface area (Å²) in [4.78, 5) is 28.0. The topological polar surface area (TPSA) is 100 Å². The van der Waals surface area contributed by atoms with Gasteiger partial charge in [-0.2, -0.15) is 5.26 Å². The number of aryl methyl sites for hydroxylation is 1. The van der Waals surface area contributed by atoms with Gasteiger partial charge in [-0.25, -0.2) is 4.90 Å². The molecule has 5 rings (SSSR count). The molecule has 2 aliphatic heterocycles. The lowest BCUT2D eigenvalue weighted by Crippen LogP contribution is -2.34. The van der Waals surface area contributed by atoms with Crippen molar-refractivity contribution in [2.24, 2.45) is 17.6 Å². The molecule has 3 heterocycles. The van der Waals surface area contributed by atoms with Crippen molar-refractivity contribution in [1.29, 1.82) is 5.26 Å². The van der Waals surface area contributed by atoms with E-state index in [4.69, 9.17) is 33.4 Å². The van der Waals surface area contributed by atoms with Gasteiger partial charge in [-0.3, -0.25) is 9.59 Å². The minimum absolute atomic E-state index is 0.244. The highest BCUT2D eigenvalue weighted by molar-refractivity contribution is 8.04. The monoisotopic (exact) mass is 535 g/mol. The van der Waals surface area contributed by atoms with Crippen molar-refractivity contribution in [3.05, 3.63) is 92.6 Å². The van der Waals surface area contributed by atoms with E-state index in [0.717, 1.165) is 17.3 Å². The van der Waals surface area contributed by atoms with Crippen molar-refractivity contribution in [3.63, 3.8) is 0 Å². The average Bonchev–Trinajstić information content (AvgIpc) is 3.40. The number of carbonyl (C=O) groups is 2. The molecule has 2 amide bonds. The molecular weight excluding hydrogens is 517 g/mol. The minimum Gasteiger partial charge on any atom is -0.457 e. The quantitative estimate of drug-likeness (QED) is 0.399. The summed E-state index contributed by atoms with van der Waals surface area (Å²) in [6.45, 7) is 1.93. The fraction of sp³-hybridized carbons (Fsp3) is 0.148. The second-order valence-corrected chi connectivity index (χ2v) is 10.5. The van der Waals surface area contributed by atoms with Gasteiger partial charge >= 0.3 is 0 Å². The third-order valence-corrected chi connectivity index (χ3v) is 8.01. The van der Waals surface area contributed by atoms with Gasteiger partial charge in [0, 0.05) is 16.5 Å². The summed E-state index contributed by atoms with van der Waals surface area (Å²) < 4.78 is 5.93. The first-order valence-corrected chi connectivity index (χ1v) is 12.7. The third kappa shape index (κ3) is 4.22. The van der Waals surface area contributed by atoms with E-state index in [0.29, 0.717) is 32.8 Å². The molecule has 1 saturated heterocycles. The molecule has 180 valence electrons. The Morgan fingerprint density at radius 1 is 1.08 bits per heavy atom. The van der Waals surface area contributed by atoms with Crippen LogP contribution in [0, 0.1) is 30.1 Å². The van der Waals surface area contributed by atoms with Gasteiger partial charge in [0.15, 0.2) is 0 Å². The Morgan fingerprint density at radius 3 is 2.53 bits per heavy atom. The number of halogens is 2. The highest BCUT2D eigenvalue weighted by Gasteiger charge is 2.55. The summed E-state index contributed by atoms with van der Waals surface area (Å²) in [6, 6.07) is 17.9. The summed E-state index contributed by atoms with van der Waals surface area (Å²) in [6.07, 6.45) is 3.39. The predicted molar refractivity (Wildman–Crippen MR) is 142 cm³/mol. The first kappa shape index (κ1) is 24.3. The van der Waals surface area contributed by atoms with E-state index in [2.05, 4.69) is 6.07 Å². The summed E-state index contributed by atoms with van der Waals surface area (Å²) >= 11 is 13.4. The minimum atomic E-state index is -0.762. The molecule has 2 aromatic carbocycles. The van der Waals surface area contributed by atoms with E-state index in [1.165, 1.54) is 4.90 Å². The van der Waals surface area contributed by atoms with Crippen molar-refractivity contribution in [1.82, 2.24) is 0 Å². The van der Waals surface area contributed by atoms with Crippen LogP contribution in [0.3, 0.4) is 0 Å². The first-order valence-electron chi connectivity index (χ1n) is 11.0. The maximum atomic E-state index is 13.5. The largest absolute Gasteiger partial charge is 0.457 e. The molecule has 6 nitrogen and oxygen atoms in total. The van der Waals surface area contributed by atoms with E-state index in [1.54, 1.807) is 54.6 Å².